The fourth-order valence-electron chi connectivity index (χ4n) is 1.70. The van der Waals surface area contributed by atoms with Crippen LogP contribution in [0.2, 0.25) is 0 Å². The molecule has 0 spiro atoms. The van der Waals surface area contributed by atoms with E-state index in [-0.39, 0.29) is 16.9 Å². The fraction of sp³-hybridized carbons (Fsp3) is 0.538. The lowest BCUT2D eigenvalue weighted by Crippen LogP contribution is -2.34. The molecule has 0 saturated carbocycles. The molecule has 0 heterocycles. The zero-order valence-electron chi connectivity index (χ0n) is 11.4. The first kappa shape index (κ1) is 16.1. The van der Waals surface area contributed by atoms with Gasteiger partial charge in [-0.05, 0) is 30.0 Å². The lowest BCUT2D eigenvalue weighted by molar-refractivity contribution is 0.125. The first-order chi connectivity index (χ1) is 8.60. The minimum atomic E-state index is -3.78. The Hall–Kier alpha value is -0.980. The van der Waals surface area contributed by atoms with Crippen LogP contribution >= 0.6 is 0 Å². The normalized spacial score (nSPS) is 14.4. The molecule has 1 unspecified atom stereocenters. The minimum absolute atomic E-state index is 0.0872. The van der Waals surface area contributed by atoms with Crippen molar-refractivity contribution in [3.05, 3.63) is 30.1 Å². The van der Waals surface area contributed by atoms with Crippen LogP contribution in [0.5, 0.6) is 0 Å². The first-order valence-electron chi connectivity index (χ1n) is 6.03. The average Bonchev–Trinajstić information content (AvgIpc) is 2.24. The van der Waals surface area contributed by atoms with Gasteiger partial charge in [0.15, 0.2) is 0 Å². The van der Waals surface area contributed by atoms with Gasteiger partial charge in [-0.2, -0.15) is 0 Å². The molecule has 0 radical (unpaired) electrons. The molecule has 0 aromatic heterocycles. The topological polar surface area (TPSA) is 66.4 Å². The van der Waals surface area contributed by atoms with E-state index in [1.54, 1.807) is 0 Å². The summed E-state index contributed by atoms with van der Waals surface area (Å²) in [6, 6.07) is 4.75. The highest BCUT2D eigenvalue weighted by Crippen LogP contribution is 2.20. The lowest BCUT2D eigenvalue weighted by Gasteiger charge is -2.22. The number of sulfonamides is 1. The molecule has 6 heteroatoms. The van der Waals surface area contributed by atoms with Gasteiger partial charge in [0.1, 0.15) is 5.82 Å². The Morgan fingerprint density at radius 1 is 1.37 bits per heavy atom. The van der Waals surface area contributed by atoms with Crippen LogP contribution in [0, 0.1) is 11.2 Å². The molecule has 0 aliphatic heterocycles. The molecular weight excluding hydrogens is 269 g/mol. The number of benzene rings is 1. The van der Waals surface area contributed by atoms with Gasteiger partial charge in [-0.25, -0.2) is 17.5 Å². The number of hydrogen-bond donors (Lipinski definition) is 2. The van der Waals surface area contributed by atoms with E-state index in [1.165, 1.54) is 18.2 Å². The summed E-state index contributed by atoms with van der Waals surface area (Å²) in [6.07, 6.45) is -0.304. The summed E-state index contributed by atoms with van der Waals surface area (Å²) in [6.45, 7) is 5.78. The fourth-order valence-corrected chi connectivity index (χ4v) is 2.81. The van der Waals surface area contributed by atoms with Gasteiger partial charge in [0, 0.05) is 6.54 Å². The highest BCUT2D eigenvalue weighted by molar-refractivity contribution is 7.89. The molecule has 0 bridgehead atoms. The SMILES string of the molecule is CC(C)(C)CC(O)CNS(=O)(=O)c1cccc(F)c1. The third kappa shape index (κ3) is 5.67. The molecular formula is C13H20FNO3S. The van der Waals surface area contributed by atoms with Gasteiger partial charge in [-0.15, -0.1) is 0 Å². The van der Waals surface area contributed by atoms with Gasteiger partial charge in [0.2, 0.25) is 10.0 Å². The number of hydrogen-bond acceptors (Lipinski definition) is 3. The maximum absolute atomic E-state index is 13.0. The summed E-state index contributed by atoms with van der Waals surface area (Å²) in [7, 11) is -3.78. The van der Waals surface area contributed by atoms with E-state index in [2.05, 4.69) is 4.72 Å². The summed E-state index contributed by atoms with van der Waals surface area (Å²) in [5.74, 6) is -0.613. The maximum Gasteiger partial charge on any atom is 0.240 e. The van der Waals surface area contributed by atoms with Crippen LogP contribution in [0.3, 0.4) is 0 Å². The highest BCUT2D eigenvalue weighted by Gasteiger charge is 2.20. The number of halogens is 1. The first-order valence-corrected chi connectivity index (χ1v) is 7.52. The molecule has 2 N–H and O–H groups in total. The third-order valence-electron chi connectivity index (χ3n) is 2.46. The Kier molecular flexibility index (Phi) is 5.06. The number of rotatable bonds is 5. The molecule has 0 saturated heterocycles. The molecule has 0 fully saturated rings. The highest BCUT2D eigenvalue weighted by atomic mass is 32.2. The second kappa shape index (κ2) is 5.98. The Bertz CT molecular complexity index is 523. The van der Waals surface area contributed by atoms with Crippen LogP contribution in [-0.2, 0) is 10.0 Å². The monoisotopic (exact) mass is 289 g/mol. The predicted octanol–water partition coefficient (Wildman–Crippen LogP) is 1.90. The molecule has 19 heavy (non-hydrogen) atoms. The lowest BCUT2D eigenvalue weighted by atomic mass is 9.89. The van der Waals surface area contributed by atoms with E-state index in [9.17, 15) is 17.9 Å². The van der Waals surface area contributed by atoms with E-state index >= 15 is 0 Å². The Balaban J connectivity index is 2.66. The van der Waals surface area contributed by atoms with E-state index in [1.807, 2.05) is 20.8 Å². The number of aliphatic hydroxyl groups excluding tert-OH is 1. The summed E-state index contributed by atoms with van der Waals surface area (Å²) >= 11 is 0. The van der Waals surface area contributed by atoms with Crippen molar-refractivity contribution in [2.45, 2.75) is 38.2 Å². The van der Waals surface area contributed by atoms with Crippen molar-refractivity contribution >= 4 is 10.0 Å². The largest absolute Gasteiger partial charge is 0.392 e. The van der Waals surface area contributed by atoms with Gasteiger partial charge in [0.25, 0.3) is 0 Å². The predicted molar refractivity (Wildman–Crippen MR) is 71.7 cm³/mol. The van der Waals surface area contributed by atoms with Crippen LogP contribution in [0.4, 0.5) is 4.39 Å². The van der Waals surface area contributed by atoms with Crippen molar-refractivity contribution in [1.29, 1.82) is 0 Å². The molecule has 1 rings (SSSR count). The summed E-state index contributed by atoms with van der Waals surface area (Å²) in [4.78, 5) is -0.143. The molecule has 0 amide bonds. The van der Waals surface area contributed by atoms with Crippen LogP contribution in [-0.4, -0.2) is 26.2 Å². The van der Waals surface area contributed by atoms with Gasteiger partial charge in [-0.1, -0.05) is 26.8 Å². The Morgan fingerprint density at radius 3 is 2.53 bits per heavy atom. The van der Waals surface area contributed by atoms with Crippen LogP contribution in [0.15, 0.2) is 29.2 Å². The second-order valence-electron chi connectivity index (χ2n) is 5.73. The molecule has 4 nitrogen and oxygen atoms in total. The number of nitrogens with one attached hydrogen (secondary N) is 1. The summed E-state index contributed by atoms with van der Waals surface area (Å²) < 4.78 is 39.0. The Morgan fingerprint density at radius 2 is 2.00 bits per heavy atom. The molecule has 108 valence electrons. The van der Waals surface area contributed by atoms with E-state index in [4.69, 9.17) is 0 Å². The van der Waals surface area contributed by atoms with Crippen molar-refractivity contribution in [3.8, 4) is 0 Å². The zero-order valence-corrected chi connectivity index (χ0v) is 12.2. The van der Waals surface area contributed by atoms with Crippen molar-refractivity contribution in [2.75, 3.05) is 6.54 Å². The third-order valence-corrected chi connectivity index (χ3v) is 3.88. The standard InChI is InChI=1S/C13H20FNO3S/c1-13(2,3)8-11(16)9-15-19(17,18)12-6-4-5-10(14)7-12/h4-7,11,15-16H,8-9H2,1-3H3. The summed E-state index contributed by atoms with van der Waals surface area (Å²) in [5, 5.41) is 9.75. The molecule has 0 aliphatic carbocycles. The molecule has 0 aliphatic rings. The average molecular weight is 289 g/mol. The maximum atomic E-state index is 13.0. The van der Waals surface area contributed by atoms with Crippen LogP contribution in [0.1, 0.15) is 27.2 Å². The van der Waals surface area contributed by atoms with E-state index < -0.39 is 21.9 Å². The van der Waals surface area contributed by atoms with Crippen molar-refractivity contribution in [2.24, 2.45) is 5.41 Å². The van der Waals surface area contributed by atoms with Gasteiger partial charge in [0.05, 0.1) is 11.0 Å². The van der Waals surface area contributed by atoms with Crippen LogP contribution in [0.25, 0.3) is 0 Å². The van der Waals surface area contributed by atoms with Crippen molar-refractivity contribution < 1.29 is 17.9 Å². The Labute approximate surface area is 113 Å². The van der Waals surface area contributed by atoms with Gasteiger partial charge < -0.3 is 5.11 Å². The van der Waals surface area contributed by atoms with Gasteiger partial charge in [-0.3, -0.25) is 0 Å². The molecule has 1 aromatic rings. The van der Waals surface area contributed by atoms with Gasteiger partial charge >= 0.3 is 0 Å². The van der Waals surface area contributed by atoms with Crippen molar-refractivity contribution in [3.63, 3.8) is 0 Å². The quantitative estimate of drug-likeness (QED) is 0.870. The number of aliphatic hydroxyl groups is 1. The van der Waals surface area contributed by atoms with Crippen molar-refractivity contribution in [1.82, 2.24) is 4.72 Å². The summed E-state index contributed by atoms with van der Waals surface area (Å²) in [5.41, 5.74) is -0.0935. The van der Waals surface area contributed by atoms with E-state index in [0.717, 1.165) is 6.07 Å². The molecule has 1 aromatic carbocycles. The minimum Gasteiger partial charge on any atom is -0.392 e. The second-order valence-corrected chi connectivity index (χ2v) is 7.49. The molecule has 1 atom stereocenters. The zero-order chi connectivity index (χ0) is 14.7. The smallest absolute Gasteiger partial charge is 0.240 e. The van der Waals surface area contributed by atoms with E-state index in [0.29, 0.717) is 6.42 Å². The van der Waals surface area contributed by atoms with Crippen LogP contribution < -0.4 is 4.72 Å².